The van der Waals surface area contributed by atoms with E-state index >= 15 is 0 Å². The SMILES string of the molecule is CC(CN)N(C)C(=O)COc1ccc(Cl)c2cccnc12.Cl.Cl. The fourth-order valence-corrected chi connectivity index (χ4v) is 2.09. The van der Waals surface area contributed by atoms with Gasteiger partial charge < -0.3 is 15.4 Å². The van der Waals surface area contributed by atoms with Crippen molar-refractivity contribution < 1.29 is 9.53 Å². The number of hydrogen-bond acceptors (Lipinski definition) is 4. The number of hydrogen-bond donors (Lipinski definition) is 1. The number of carbonyl (C=O) groups is 1. The Kier molecular flexibility index (Phi) is 9.24. The van der Waals surface area contributed by atoms with Crippen LogP contribution in [0.4, 0.5) is 0 Å². The summed E-state index contributed by atoms with van der Waals surface area (Å²) < 4.78 is 5.60. The Morgan fingerprint density at radius 1 is 1.39 bits per heavy atom. The fraction of sp³-hybridized carbons (Fsp3) is 0.333. The van der Waals surface area contributed by atoms with Crippen LogP contribution in [0.25, 0.3) is 10.9 Å². The van der Waals surface area contributed by atoms with Gasteiger partial charge in [-0.25, -0.2) is 0 Å². The summed E-state index contributed by atoms with van der Waals surface area (Å²) in [5.74, 6) is 0.407. The summed E-state index contributed by atoms with van der Waals surface area (Å²) in [7, 11) is 1.71. The van der Waals surface area contributed by atoms with Gasteiger partial charge in [0.1, 0.15) is 11.3 Å². The molecule has 0 bridgehead atoms. The Bertz CT molecular complexity index is 655. The van der Waals surface area contributed by atoms with Gasteiger partial charge in [-0.1, -0.05) is 11.6 Å². The number of benzene rings is 1. The Morgan fingerprint density at radius 3 is 2.74 bits per heavy atom. The molecule has 8 heteroatoms. The van der Waals surface area contributed by atoms with Crippen LogP contribution in [0.15, 0.2) is 30.5 Å². The molecular weight excluding hydrogens is 361 g/mol. The molecule has 0 aliphatic carbocycles. The van der Waals surface area contributed by atoms with Gasteiger partial charge in [-0.2, -0.15) is 0 Å². The molecule has 5 nitrogen and oxygen atoms in total. The zero-order valence-electron chi connectivity index (χ0n) is 12.9. The van der Waals surface area contributed by atoms with E-state index in [0.29, 0.717) is 22.8 Å². The topological polar surface area (TPSA) is 68.5 Å². The molecule has 1 aromatic heterocycles. The number of likely N-dealkylation sites (N-methyl/N-ethyl adjacent to an activating group) is 1. The predicted octanol–water partition coefficient (Wildman–Crippen LogP) is 2.92. The maximum Gasteiger partial charge on any atom is 0.260 e. The Balaban J connectivity index is 0.00000242. The molecule has 1 heterocycles. The molecule has 0 spiro atoms. The zero-order valence-corrected chi connectivity index (χ0v) is 15.2. The lowest BCUT2D eigenvalue weighted by Gasteiger charge is -2.23. The van der Waals surface area contributed by atoms with Crippen LogP contribution in [0, 0.1) is 0 Å². The average molecular weight is 381 g/mol. The highest BCUT2D eigenvalue weighted by atomic mass is 35.5. The Morgan fingerprint density at radius 2 is 2.09 bits per heavy atom. The molecule has 1 aromatic carbocycles. The maximum atomic E-state index is 12.0. The highest BCUT2D eigenvalue weighted by Gasteiger charge is 2.16. The molecule has 1 unspecified atom stereocenters. The molecule has 0 radical (unpaired) electrons. The molecule has 0 aliphatic heterocycles. The van der Waals surface area contributed by atoms with Crippen LogP contribution in [0.2, 0.25) is 5.02 Å². The van der Waals surface area contributed by atoms with Gasteiger partial charge >= 0.3 is 0 Å². The molecule has 0 fully saturated rings. The van der Waals surface area contributed by atoms with Gasteiger partial charge in [0, 0.05) is 31.2 Å². The number of ether oxygens (including phenoxy) is 1. The minimum absolute atomic E-state index is 0. The standard InChI is InChI=1S/C15H18ClN3O2.2ClH/c1-10(8-17)19(2)14(20)9-21-13-6-5-12(16)11-4-3-7-18-15(11)13;;/h3-7,10H,8-9,17H2,1-2H3;2*1H. The van der Waals surface area contributed by atoms with Crippen molar-refractivity contribution in [1.29, 1.82) is 0 Å². The number of nitrogens with zero attached hydrogens (tertiary/aromatic N) is 2. The number of pyridine rings is 1. The minimum Gasteiger partial charge on any atom is -0.481 e. The molecule has 2 aromatic rings. The predicted molar refractivity (Wildman–Crippen MR) is 98.0 cm³/mol. The summed E-state index contributed by atoms with van der Waals surface area (Å²) in [4.78, 5) is 17.9. The third-order valence-electron chi connectivity index (χ3n) is 3.43. The first-order valence-electron chi connectivity index (χ1n) is 6.66. The molecule has 2 N–H and O–H groups in total. The number of carbonyl (C=O) groups excluding carboxylic acids is 1. The average Bonchev–Trinajstić information content (AvgIpc) is 2.52. The van der Waals surface area contributed by atoms with Crippen LogP contribution in [0.1, 0.15) is 6.92 Å². The van der Waals surface area contributed by atoms with Gasteiger partial charge in [0.2, 0.25) is 0 Å². The lowest BCUT2D eigenvalue weighted by Crippen LogP contribution is -2.42. The van der Waals surface area contributed by atoms with E-state index in [9.17, 15) is 4.79 Å². The number of rotatable bonds is 5. The molecule has 1 atom stereocenters. The van der Waals surface area contributed by atoms with E-state index < -0.39 is 0 Å². The van der Waals surface area contributed by atoms with Crippen molar-refractivity contribution in [3.63, 3.8) is 0 Å². The van der Waals surface area contributed by atoms with Crippen LogP contribution in [-0.2, 0) is 4.79 Å². The molecule has 23 heavy (non-hydrogen) atoms. The van der Waals surface area contributed by atoms with Gasteiger partial charge in [0.15, 0.2) is 6.61 Å². The Labute approximate surface area is 153 Å². The number of nitrogens with two attached hydrogens (primary N) is 1. The summed E-state index contributed by atoms with van der Waals surface area (Å²) in [6.45, 7) is 2.24. The van der Waals surface area contributed by atoms with E-state index in [0.717, 1.165) is 5.39 Å². The third kappa shape index (κ3) is 5.11. The van der Waals surface area contributed by atoms with E-state index in [1.165, 1.54) is 0 Å². The second kappa shape index (κ2) is 9.78. The molecule has 0 aliphatic rings. The number of amides is 1. The van der Waals surface area contributed by atoms with Crippen LogP contribution < -0.4 is 10.5 Å². The molecule has 2 rings (SSSR count). The minimum atomic E-state index is -0.132. The van der Waals surface area contributed by atoms with Crippen LogP contribution in [0.3, 0.4) is 0 Å². The lowest BCUT2D eigenvalue weighted by molar-refractivity contribution is -0.133. The van der Waals surface area contributed by atoms with Crippen molar-refractivity contribution >= 4 is 53.2 Å². The molecule has 0 saturated carbocycles. The number of fused-ring (bicyclic) bond motifs is 1. The smallest absolute Gasteiger partial charge is 0.260 e. The molecular formula is C15H20Cl3N3O2. The third-order valence-corrected chi connectivity index (χ3v) is 3.76. The molecule has 128 valence electrons. The van der Waals surface area contributed by atoms with E-state index in [1.54, 1.807) is 36.3 Å². The van der Waals surface area contributed by atoms with E-state index in [4.69, 9.17) is 22.1 Å². The Hall–Kier alpha value is -1.27. The summed E-state index contributed by atoms with van der Waals surface area (Å²) in [6, 6.07) is 7.10. The highest BCUT2D eigenvalue weighted by molar-refractivity contribution is 6.35. The van der Waals surface area contributed by atoms with Crippen LogP contribution in [-0.4, -0.2) is 42.0 Å². The maximum absolute atomic E-state index is 12.0. The van der Waals surface area contributed by atoms with Crippen molar-refractivity contribution in [2.24, 2.45) is 5.73 Å². The van der Waals surface area contributed by atoms with Crippen LogP contribution in [0.5, 0.6) is 5.75 Å². The summed E-state index contributed by atoms with van der Waals surface area (Å²) in [5.41, 5.74) is 6.20. The van der Waals surface area contributed by atoms with Crippen molar-refractivity contribution in [2.45, 2.75) is 13.0 Å². The van der Waals surface area contributed by atoms with Gasteiger partial charge in [-0.15, -0.1) is 24.8 Å². The van der Waals surface area contributed by atoms with Crippen LogP contribution >= 0.6 is 36.4 Å². The monoisotopic (exact) mass is 379 g/mol. The van der Waals surface area contributed by atoms with Gasteiger partial charge in [0.05, 0.1) is 5.02 Å². The lowest BCUT2D eigenvalue weighted by atomic mass is 10.2. The summed E-state index contributed by atoms with van der Waals surface area (Å²) in [6.07, 6.45) is 1.66. The highest BCUT2D eigenvalue weighted by Crippen LogP contribution is 2.29. The van der Waals surface area contributed by atoms with Gasteiger partial charge in [-0.3, -0.25) is 9.78 Å². The first-order chi connectivity index (χ1) is 10.0. The van der Waals surface area contributed by atoms with Crippen molar-refractivity contribution in [1.82, 2.24) is 9.88 Å². The fourth-order valence-electron chi connectivity index (χ4n) is 1.87. The van der Waals surface area contributed by atoms with Crippen molar-refractivity contribution in [2.75, 3.05) is 20.2 Å². The molecule has 1 amide bonds. The number of aromatic nitrogens is 1. The largest absolute Gasteiger partial charge is 0.481 e. The first kappa shape index (κ1) is 21.7. The summed E-state index contributed by atoms with van der Waals surface area (Å²) >= 11 is 6.12. The van der Waals surface area contributed by atoms with Gasteiger partial charge in [-0.05, 0) is 31.2 Å². The van der Waals surface area contributed by atoms with Gasteiger partial charge in [0.25, 0.3) is 5.91 Å². The van der Waals surface area contributed by atoms with E-state index in [2.05, 4.69) is 4.98 Å². The summed E-state index contributed by atoms with van der Waals surface area (Å²) in [5, 5.41) is 1.40. The zero-order chi connectivity index (χ0) is 15.4. The van der Waals surface area contributed by atoms with Crippen molar-refractivity contribution in [3.8, 4) is 5.75 Å². The quantitative estimate of drug-likeness (QED) is 0.866. The normalized spacial score (nSPS) is 11.1. The second-order valence-corrected chi connectivity index (χ2v) is 5.23. The van der Waals surface area contributed by atoms with E-state index in [1.807, 2.05) is 13.0 Å². The second-order valence-electron chi connectivity index (χ2n) is 4.82. The van der Waals surface area contributed by atoms with Crippen molar-refractivity contribution in [3.05, 3.63) is 35.5 Å². The van der Waals surface area contributed by atoms with E-state index in [-0.39, 0.29) is 43.4 Å². The number of halogens is 3. The first-order valence-corrected chi connectivity index (χ1v) is 7.04. The molecule has 0 saturated heterocycles.